The van der Waals surface area contributed by atoms with E-state index in [1.807, 2.05) is 0 Å². The second-order valence-corrected chi connectivity index (χ2v) is 6.35. The lowest BCUT2D eigenvalue weighted by Crippen LogP contribution is -2.30. The van der Waals surface area contributed by atoms with E-state index < -0.39 is 10.0 Å². The molecule has 0 unspecified atom stereocenters. The van der Waals surface area contributed by atoms with Gasteiger partial charge in [0.25, 0.3) is 0 Å². The number of nitrogens with zero attached hydrogens (tertiary/aromatic N) is 1. The smallest absolute Gasteiger partial charge is 0.243 e. The molecule has 0 bridgehead atoms. The Kier molecular flexibility index (Phi) is 4.54. The lowest BCUT2D eigenvalue weighted by Gasteiger charge is -2.20. The maximum Gasteiger partial charge on any atom is 0.243 e. The molecule has 7 heteroatoms. The Morgan fingerprint density at radius 2 is 2.10 bits per heavy atom. The van der Waals surface area contributed by atoms with Gasteiger partial charge in [0.2, 0.25) is 10.0 Å². The van der Waals surface area contributed by atoms with Crippen molar-refractivity contribution in [2.75, 3.05) is 19.4 Å². The third-order valence-electron chi connectivity index (χ3n) is 3.11. The number of nitrogens with two attached hydrogens (primary N) is 1. The molecule has 0 aliphatic carbocycles. The highest BCUT2D eigenvalue weighted by Gasteiger charge is 2.25. The fourth-order valence-electron chi connectivity index (χ4n) is 1.94. The van der Waals surface area contributed by atoms with Gasteiger partial charge in [0, 0.05) is 12.6 Å². The molecule has 1 aromatic heterocycles. The number of anilines is 1. The molecule has 0 saturated heterocycles. The zero-order chi connectivity index (χ0) is 15.5. The molecule has 21 heavy (non-hydrogen) atoms. The summed E-state index contributed by atoms with van der Waals surface area (Å²) in [6.07, 6.45) is 1.52. The highest BCUT2D eigenvalue weighted by atomic mass is 32.2. The average Bonchev–Trinajstić information content (AvgIpc) is 2.97. The molecule has 0 aliphatic rings. The van der Waals surface area contributed by atoms with Crippen molar-refractivity contribution in [1.29, 1.82) is 0 Å². The minimum Gasteiger partial charge on any atom is -0.495 e. The van der Waals surface area contributed by atoms with Crippen molar-refractivity contribution in [2.45, 2.75) is 18.4 Å². The van der Waals surface area contributed by atoms with Crippen LogP contribution in [0.4, 0.5) is 5.69 Å². The number of hydrogen-bond donors (Lipinski definition) is 1. The molecule has 1 heterocycles. The highest BCUT2D eigenvalue weighted by molar-refractivity contribution is 7.89. The van der Waals surface area contributed by atoms with Crippen LogP contribution in [0.2, 0.25) is 0 Å². The fraction of sp³-hybridized carbons (Fsp3) is 0.286. The average molecular weight is 310 g/mol. The highest BCUT2D eigenvalue weighted by Crippen LogP contribution is 2.27. The standard InChI is InChI=1S/C14H18N2O4S/c1-3-16(10-11-5-4-8-20-11)21(17,18)12-6-7-13(15)14(9-12)19-2/h4-9H,3,10,15H2,1-2H3. The van der Waals surface area contributed by atoms with Crippen molar-refractivity contribution in [3.8, 4) is 5.75 Å². The molecule has 1 aromatic carbocycles. The third kappa shape index (κ3) is 3.20. The van der Waals surface area contributed by atoms with Crippen LogP contribution in [0.25, 0.3) is 0 Å². The predicted octanol–water partition coefficient (Wildman–Crippen LogP) is 2.08. The van der Waals surface area contributed by atoms with Gasteiger partial charge >= 0.3 is 0 Å². The number of rotatable bonds is 6. The second kappa shape index (κ2) is 6.19. The van der Waals surface area contributed by atoms with E-state index in [2.05, 4.69) is 0 Å². The molecule has 0 aliphatic heterocycles. The number of nitrogen functional groups attached to an aromatic ring is 1. The molecule has 0 atom stereocenters. The van der Waals surface area contributed by atoms with Gasteiger partial charge in [-0.3, -0.25) is 0 Å². The molecule has 0 spiro atoms. The summed E-state index contributed by atoms with van der Waals surface area (Å²) in [5, 5.41) is 0. The van der Waals surface area contributed by atoms with Crippen molar-refractivity contribution in [1.82, 2.24) is 4.31 Å². The zero-order valence-corrected chi connectivity index (χ0v) is 12.8. The maximum absolute atomic E-state index is 12.7. The number of hydrogen-bond acceptors (Lipinski definition) is 5. The molecule has 0 fully saturated rings. The summed E-state index contributed by atoms with van der Waals surface area (Å²) in [6.45, 7) is 2.28. The molecule has 2 N–H and O–H groups in total. The summed E-state index contributed by atoms with van der Waals surface area (Å²) in [7, 11) is -2.19. The van der Waals surface area contributed by atoms with Gasteiger partial charge < -0.3 is 14.9 Å². The molecular weight excluding hydrogens is 292 g/mol. The van der Waals surface area contributed by atoms with Gasteiger partial charge in [0.05, 0.1) is 30.5 Å². The van der Waals surface area contributed by atoms with Crippen LogP contribution < -0.4 is 10.5 Å². The Balaban J connectivity index is 2.35. The van der Waals surface area contributed by atoms with E-state index in [4.69, 9.17) is 14.9 Å². The molecular formula is C14H18N2O4S. The van der Waals surface area contributed by atoms with Gasteiger partial charge in [0.1, 0.15) is 11.5 Å². The first-order chi connectivity index (χ1) is 9.98. The fourth-order valence-corrected chi connectivity index (χ4v) is 3.38. The largest absolute Gasteiger partial charge is 0.495 e. The summed E-state index contributed by atoms with van der Waals surface area (Å²) in [5.74, 6) is 0.924. The number of sulfonamides is 1. The Morgan fingerprint density at radius 3 is 2.67 bits per heavy atom. The molecule has 0 saturated carbocycles. The monoisotopic (exact) mass is 310 g/mol. The molecule has 114 valence electrons. The minimum atomic E-state index is -3.64. The van der Waals surface area contributed by atoms with Gasteiger partial charge in [-0.25, -0.2) is 8.42 Å². The van der Waals surface area contributed by atoms with Gasteiger partial charge in [0.15, 0.2) is 0 Å². The van der Waals surface area contributed by atoms with E-state index >= 15 is 0 Å². The van der Waals surface area contributed by atoms with Gasteiger partial charge in [-0.05, 0) is 24.3 Å². The zero-order valence-electron chi connectivity index (χ0n) is 11.9. The summed E-state index contributed by atoms with van der Waals surface area (Å²) in [5.41, 5.74) is 6.11. The predicted molar refractivity (Wildman–Crippen MR) is 79.4 cm³/mol. The molecule has 2 aromatic rings. The molecule has 0 radical (unpaired) electrons. The lowest BCUT2D eigenvalue weighted by molar-refractivity contribution is 0.375. The second-order valence-electron chi connectivity index (χ2n) is 4.41. The van der Waals surface area contributed by atoms with Crippen LogP contribution in [-0.2, 0) is 16.6 Å². The minimum absolute atomic E-state index is 0.141. The van der Waals surface area contributed by atoms with E-state index in [0.29, 0.717) is 23.7 Å². The van der Waals surface area contributed by atoms with E-state index in [1.165, 1.54) is 35.9 Å². The van der Waals surface area contributed by atoms with E-state index in [1.54, 1.807) is 19.1 Å². The summed E-state index contributed by atoms with van der Waals surface area (Å²) < 4.78 is 36.9. The number of benzene rings is 1. The number of ether oxygens (including phenoxy) is 1. The van der Waals surface area contributed by atoms with Crippen LogP contribution in [0.5, 0.6) is 5.75 Å². The van der Waals surface area contributed by atoms with Crippen LogP contribution in [0.3, 0.4) is 0 Å². The Labute approximate surface area is 124 Å². The van der Waals surface area contributed by atoms with Crippen LogP contribution in [0, 0.1) is 0 Å². The van der Waals surface area contributed by atoms with Crippen LogP contribution in [0.1, 0.15) is 12.7 Å². The van der Waals surface area contributed by atoms with Gasteiger partial charge in [-0.15, -0.1) is 0 Å². The maximum atomic E-state index is 12.7. The third-order valence-corrected chi connectivity index (χ3v) is 5.02. The van der Waals surface area contributed by atoms with Gasteiger partial charge in [-0.2, -0.15) is 4.31 Å². The van der Waals surface area contributed by atoms with Crippen LogP contribution in [0.15, 0.2) is 45.9 Å². The molecule has 0 amide bonds. The topological polar surface area (TPSA) is 85.8 Å². The first-order valence-corrected chi connectivity index (χ1v) is 7.89. The number of methoxy groups -OCH3 is 1. The van der Waals surface area contributed by atoms with Crippen molar-refractivity contribution < 1.29 is 17.6 Å². The summed E-state index contributed by atoms with van der Waals surface area (Å²) in [4.78, 5) is 0.141. The Morgan fingerprint density at radius 1 is 1.33 bits per heavy atom. The van der Waals surface area contributed by atoms with E-state index in [9.17, 15) is 8.42 Å². The van der Waals surface area contributed by atoms with Crippen molar-refractivity contribution in [3.05, 3.63) is 42.4 Å². The normalized spacial score (nSPS) is 11.8. The van der Waals surface area contributed by atoms with E-state index in [-0.39, 0.29) is 11.4 Å². The first kappa shape index (κ1) is 15.4. The lowest BCUT2D eigenvalue weighted by atomic mass is 10.3. The Hall–Kier alpha value is -1.99. The van der Waals surface area contributed by atoms with Crippen molar-refractivity contribution in [2.24, 2.45) is 0 Å². The van der Waals surface area contributed by atoms with Crippen molar-refractivity contribution in [3.63, 3.8) is 0 Å². The quantitative estimate of drug-likeness (QED) is 0.826. The van der Waals surface area contributed by atoms with Crippen LogP contribution in [-0.4, -0.2) is 26.4 Å². The Bertz CT molecular complexity index is 696. The molecule has 2 rings (SSSR count). The summed E-state index contributed by atoms with van der Waals surface area (Å²) in [6, 6.07) is 7.88. The summed E-state index contributed by atoms with van der Waals surface area (Å²) >= 11 is 0. The molecule has 6 nitrogen and oxygen atoms in total. The number of furan rings is 1. The van der Waals surface area contributed by atoms with Crippen LogP contribution >= 0.6 is 0 Å². The SMILES string of the molecule is CCN(Cc1ccco1)S(=O)(=O)c1ccc(N)c(OC)c1. The van der Waals surface area contributed by atoms with E-state index in [0.717, 1.165) is 0 Å². The van der Waals surface area contributed by atoms with Gasteiger partial charge in [-0.1, -0.05) is 6.92 Å². The first-order valence-electron chi connectivity index (χ1n) is 6.45. The van der Waals surface area contributed by atoms with Crippen molar-refractivity contribution >= 4 is 15.7 Å².